The number of nitrogens with one attached hydrogen (secondary N) is 2. The van der Waals surface area contributed by atoms with Crippen LogP contribution in [-0.4, -0.2) is 261 Å². The summed E-state index contributed by atoms with van der Waals surface area (Å²) in [6.07, 6.45) is -3.03. The molecule has 25 heteroatoms. The topological polar surface area (TPSA) is 394 Å². The molecule has 5 rings (SSSR count). The number of likely N-dealkylation sites (N-methyl/N-ethyl adjacent to an activating group) is 1. The smallest absolute Gasteiger partial charge is 0.308 e. The van der Waals surface area contributed by atoms with Crippen LogP contribution in [0.4, 0.5) is 0 Å². The lowest BCUT2D eigenvalue weighted by Crippen LogP contribution is -2.69. The zero-order chi connectivity index (χ0) is 61.2. The zero-order valence-electron chi connectivity index (χ0n) is 48.1. The second kappa shape index (κ2) is 33.4. The summed E-state index contributed by atoms with van der Waals surface area (Å²) in [5, 5.41) is 159. The summed E-state index contributed by atoms with van der Waals surface area (Å²) in [7, 11) is 1.93. The molecule has 83 heavy (non-hydrogen) atoms. The van der Waals surface area contributed by atoms with Crippen LogP contribution in [0, 0.1) is 17.8 Å². The maximum Gasteiger partial charge on any atom is 0.308 e. The van der Waals surface area contributed by atoms with Crippen molar-refractivity contribution in [2.75, 3.05) is 46.4 Å². The molecule has 3 unspecified atom stereocenters. The zero-order valence-corrected chi connectivity index (χ0v) is 48.1. The van der Waals surface area contributed by atoms with Gasteiger partial charge in [-0.1, -0.05) is 98.9 Å². The van der Waals surface area contributed by atoms with E-state index in [0.717, 1.165) is 0 Å². The second-order valence-electron chi connectivity index (χ2n) is 23.0. The number of esters is 1. The first kappa shape index (κ1) is 70.0. The Kier molecular flexibility index (Phi) is 28.2. The molecule has 0 saturated carbocycles. The largest absolute Gasteiger partial charge is 0.462 e. The fraction of sp³-hybridized carbons (Fsp3) is 0.724. The number of piperazine rings is 1. The number of nitrogens with zero attached hydrogens (tertiary/aromatic N) is 2. The van der Waals surface area contributed by atoms with Gasteiger partial charge in [0.2, 0.25) is 11.7 Å². The molecule has 4 fully saturated rings. The number of aliphatic hydroxyl groups excluding tert-OH is 12. The van der Waals surface area contributed by atoms with E-state index < -0.39 is 184 Å². The molecule has 0 aromatic carbocycles. The Morgan fingerprint density at radius 2 is 1.25 bits per heavy atom. The van der Waals surface area contributed by atoms with Crippen molar-refractivity contribution in [1.29, 1.82) is 0 Å². The third-order valence-electron chi connectivity index (χ3n) is 16.0. The lowest BCUT2D eigenvalue weighted by molar-refractivity contribution is -0.323. The van der Waals surface area contributed by atoms with E-state index in [4.69, 9.17) is 23.7 Å². The summed E-state index contributed by atoms with van der Waals surface area (Å²) >= 11 is 0. The molecule has 23 atom stereocenters. The quantitative estimate of drug-likeness (QED) is 0.116. The highest BCUT2D eigenvalue weighted by molar-refractivity contribution is 5.79. The van der Waals surface area contributed by atoms with Crippen LogP contribution in [0.2, 0.25) is 0 Å². The first-order valence-electron chi connectivity index (χ1n) is 28.8. The lowest BCUT2D eigenvalue weighted by atomic mass is 9.82. The van der Waals surface area contributed by atoms with Crippen LogP contribution in [-0.2, 0) is 33.3 Å². The number of amides is 1. The van der Waals surface area contributed by atoms with Gasteiger partial charge < -0.3 is 105 Å². The van der Waals surface area contributed by atoms with Crippen LogP contribution in [0.15, 0.2) is 85.1 Å². The molecule has 4 saturated heterocycles. The van der Waals surface area contributed by atoms with Crippen molar-refractivity contribution in [3.05, 3.63) is 85.1 Å². The van der Waals surface area contributed by atoms with Gasteiger partial charge in [0.25, 0.3) is 0 Å². The average Bonchev–Trinajstić information content (AvgIpc) is 3.17. The van der Waals surface area contributed by atoms with Gasteiger partial charge in [-0.3, -0.25) is 15.0 Å². The van der Waals surface area contributed by atoms with Gasteiger partial charge in [0.05, 0.1) is 98.7 Å². The highest BCUT2D eigenvalue weighted by Gasteiger charge is 2.53. The summed E-state index contributed by atoms with van der Waals surface area (Å²) in [6.45, 7) is 7.62. The Morgan fingerprint density at radius 1 is 0.651 bits per heavy atom. The van der Waals surface area contributed by atoms with Crippen LogP contribution in [0.25, 0.3) is 0 Å². The van der Waals surface area contributed by atoms with Crippen molar-refractivity contribution in [3.8, 4) is 0 Å². The highest BCUT2D eigenvalue weighted by Crippen LogP contribution is 2.39. The Bertz CT molecular complexity index is 2200. The number of hydrazine groups is 1. The molecule has 25 nitrogen and oxygen atoms in total. The molecule has 472 valence electrons. The number of hydrogen-bond donors (Lipinski definition) is 16. The highest BCUT2D eigenvalue weighted by atomic mass is 16.7. The number of carbonyl (C=O) groups excluding carboxylic acids is 2. The van der Waals surface area contributed by atoms with E-state index in [-0.39, 0.29) is 31.6 Å². The van der Waals surface area contributed by atoms with Crippen molar-refractivity contribution in [1.82, 2.24) is 20.7 Å². The molecular formula is C58H94N4O21. The predicted molar refractivity (Wildman–Crippen MR) is 299 cm³/mol. The fourth-order valence-electron chi connectivity index (χ4n) is 10.7. The summed E-state index contributed by atoms with van der Waals surface area (Å²) in [6, 6.07) is -1.34. The summed E-state index contributed by atoms with van der Waals surface area (Å²) in [5.74, 6) is -8.41. The minimum atomic E-state index is -2.47. The average molecular weight is 1180 g/mol. The number of fused-ring (bicyclic) bond motifs is 2. The molecule has 0 aliphatic carbocycles. The third-order valence-corrected chi connectivity index (χ3v) is 16.0. The van der Waals surface area contributed by atoms with Crippen LogP contribution in [0.1, 0.15) is 79.1 Å². The Labute approximate surface area is 485 Å². The van der Waals surface area contributed by atoms with E-state index in [2.05, 4.69) is 15.6 Å². The minimum Gasteiger partial charge on any atom is -0.462 e. The number of carbonyl (C=O) groups is 2. The van der Waals surface area contributed by atoms with Gasteiger partial charge in [0.1, 0.15) is 30.5 Å². The Morgan fingerprint density at radius 3 is 1.88 bits per heavy atom. The van der Waals surface area contributed by atoms with Crippen LogP contribution in [0.3, 0.4) is 0 Å². The number of ether oxygens (including phenoxy) is 5. The third kappa shape index (κ3) is 21.6. The normalized spacial score (nSPS) is 45.4. The van der Waals surface area contributed by atoms with Crippen LogP contribution in [0.5, 0.6) is 0 Å². The van der Waals surface area contributed by atoms with E-state index in [1.165, 1.54) is 13.0 Å². The molecule has 0 aromatic heterocycles. The standard InChI is InChI=1S/C58H94N4O21/c1-34-18-16-14-12-10-8-6-7-9-11-13-15-17-19-41(82-56-53(74)49(51(72)37(4)81-56)59-33-58(78)54(75)52(73)45(69)32-79-58)29-46-48(55(76)60-62-24-22-61(5)23-25-62)44(68)31-57(77,83-46)30-40(65)27-43(67)42(66)21-20-38(63)26-39(64)28-47(70)80-36(3)35(2)50(34)71/h6-19,34-46,48-54,56,59,63-69,71-75,77-78H,20-33H2,1-5H3,(H,60,76)/b7-6+,10-8+,11-9+,14-12+,15-13+,18-16-,19-17+/t34-,35?,36-,37+,38+,39+,40-,41-,42-,43+,44-,45+,46?,48?,49-,50+,51+,52-,53-,54-,56-,57+,58+/m0/s1. The summed E-state index contributed by atoms with van der Waals surface area (Å²) < 4.78 is 29.5. The molecule has 0 aromatic rings. The van der Waals surface area contributed by atoms with Gasteiger partial charge >= 0.3 is 5.97 Å². The molecule has 1 amide bonds. The number of cyclic esters (lactones) is 1. The number of rotatable bonds is 7. The number of aliphatic hydroxyl groups is 14. The molecule has 2 bridgehead atoms. The maximum absolute atomic E-state index is 14.3. The Balaban J connectivity index is 1.43. The molecule has 5 aliphatic heterocycles. The van der Waals surface area contributed by atoms with E-state index in [1.807, 2.05) is 20.0 Å². The second-order valence-corrected chi connectivity index (χ2v) is 23.0. The predicted octanol–water partition coefficient (Wildman–Crippen LogP) is -2.66. The monoisotopic (exact) mass is 1180 g/mol. The number of hydrogen-bond acceptors (Lipinski definition) is 24. The van der Waals surface area contributed by atoms with Crippen molar-refractivity contribution in [3.63, 3.8) is 0 Å². The van der Waals surface area contributed by atoms with Crippen molar-refractivity contribution in [2.24, 2.45) is 17.8 Å². The lowest BCUT2D eigenvalue weighted by Gasteiger charge is -2.47. The van der Waals surface area contributed by atoms with Crippen molar-refractivity contribution < 1.29 is 105 Å². The molecule has 16 N–H and O–H groups in total. The van der Waals surface area contributed by atoms with Crippen LogP contribution < -0.4 is 10.7 Å². The van der Waals surface area contributed by atoms with Gasteiger partial charge in [-0.25, -0.2) is 5.01 Å². The van der Waals surface area contributed by atoms with Gasteiger partial charge in [-0.05, 0) is 40.2 Å². The van der Waals surface area contributed by atoms with Gasteiger partial charge in [0, 0.05) is 63.7 Å². The molecular weight excluding hydrogens is 1090 g/mol. The van der Waals surface area contributed by atoms with E-state index in [9.17, 15) is 81.1 Å². The van der Waals surface area contributed by atoms with E-state index >= 15 is 0 Å². The van der Waals surface area contributed by atoms with E-state index in [1.54, 1.807) is 91.8 Å². The van der Waals surface area contributed by atoms with Gasteiger partial charge in [-0.2, -0.15) is 0 Å². The first-order valence-corrected chi connectivity index (χ1v) is 28.8. The van der Waals surface area contributed by atoms with Gasteiger partial charge in [0.15, 0.2) is 12.1 Å². The van der Waals surface area contributed by atoms with Crippen LogP contribution >= 0.6 is 0 Å². The minimum absolute atomic E-state index is 0.129. The number of allylic oxidation sites excluding steroid dienone is 12. The molecule has 5 aliphatic rings. The fourth-order valence-corrected chi connectivity index (χ4v) is 10.7. The molecule has 0 radical (unpaired) electrons. The molecule has 0 spiro atoms. The maximum atomic E-state index is 14.3. The van der Waals surface area contributed by atoms with Crippen molar-refractivity contribution in [2.45, 2.75) is 201 Å². The summed E-state index contributed by atoms with van der Waals surface area (Å²) in [4.78, 5) is 29.1. The molecule has 5 heterocycles. The Hall–Kier alpha value is -3.72. The van der Waals surface area contributed by atoms with Gasteiger partial charge in [-0.15, -0.1) is 0 Å². The first-order chi connectivity index (χ1) is 39.2. The van der Waals surface area contributed by atoms with E-state index in [0.29, 0.717) is 26.2 Å². The van der Waals surface area contributed by atoms with Crippen molar-refractivity contribution >= 4 is 11.9 Å². The summed E-state index contributed by atoms with van der Waals surface area (Å²) in [5.41, 5.74) is 2.86. The SMILES string of the molecule is CC1[C@H](C)OC(=O)C[C@H](O)C[C@H](O)CC[C@H](O)[C@H](O)C[C@H](O)C[C@]2(O)C[C@H](O)C(C(=O)NN3CCN(C)CC3)C(C[C@@H](O[C@@H]3O[C@H](C)[C@@H](O)[C@H](NC[C@@]4(O)OC[C@@H](O)[C@H](O)[C@@H]4O)[C@@H]3O)/C=C/C=C/C=C/C=C/C=C/C=C/C=C\[C@H](C)[C@H]1O)O2.